The molecule has 0 saturated carbocycles. The summed E-state index contributed by atoms with van der Waals surface area (Å²) in [6.07, 6.45) is 1.66. The molecule has 0 aliphatic carbocycles. The van der Waals surface area contributed by atoms with Gasteiger partial charge in [-0.15, -0.1) is 11.6 Å². The zero-order valence-electron chi connectivity index (χ0n) is 17.8. The summed E-state index contributed by atoms with van der Waals surface area (Å²) in [4.78, 5) is 31.0. The van der Waals surface area contributed by atoms with E-state index in [-0.39, 0.29) is 29.6 Å². The van der Waals surface area contributed by atoms with Gasteiger partial charge in [0.1, 0.15) is 11.3 Å². The second-order valence-corrected chi connectivity index (χ2v) is 8.78. The van der Waals surface area contributed by atoms with Crippen molar-refractivity contribution in [3.05, 3.63) is 53.9 Å². The fourth-order valence-corrected chi connectivity index (χ4v) is 3.77. The number of likely N-dealkylation sites (tertiary alicyclic amines) is 1. The fourth-order valence-electron chi connectivity index (χ4n) is 3.47. The van der Waals surface area contributed by atoms with E-state index >= 15 is 0 Å². The molecule has 7 nitrogen and oxygen atoms in total. The minimum absolute atomic E-state index is 0.213. The van der Waals surface area contributed by atoms with Crippen molar-refractivity contribution in [2.75, 3.05) is 12.4 Å². The van der Waals surface area contributed by atoms with E-state index in [2.05, 4.69) is 16.4 Å². The first-order valence-electron chi connectivity index (χ1n) is 10.0. The summed E-state index contributed by atoms with van der Waals surface area (Å²) in [7, 11) is 0. The van der Waals surface area contributed by atoms with Crippen molar-refractivity contribution < 1.29 is 14.3 Å². The van der Waals surface area contributed by atoms with Crippen LogP contribution in [0.15, 0.2) is 42.6 Å². The Morgan fingerprint density at radius 1 is 1.29 bits per heavy atom. The highest BCUT2D eigenvalue weighted by atomic mass is 35.5. The van der Waals surface area contributed by atoms with Crippen LogP contribution in [0.3, 0.4) is 0 Å². The first-order valence-corrected chi connectivity index (χ1v) is 10.6. The Morgan fingerprint density at radius 3 is 2.71 bits per heavy atom. The van der Waals surface area contributed by atoms with Gasteiger partial charge in [0.15, 0.2) is 0 Å². The van der Waals surface area contributed by atoms with Crippen LogP contribution in [-0.4, -0.2) is 52.0 Å². The van der Waals surface area contributed by atoms with E-state index in [0.717, 1.165) is 11.1 Å². The lowest BCUT2D eigenvalue weighted by Gasteiger charge is -2.27. The highest BCUT2D eigenvalue weighted by Crippen LogP contribution is 2.24. The van der Waals surface area contributed by atoms with Gasteiger partial charge in [0, 0.05) is 24.7 Å². The van der Waals surface area contributed by atoms with E-state index in [0.29, 0.717) is 18.5 Å². The van der Waals surface area contributed by atoms with Gasteiger partial charge in [-0.25, -0.2) is 4.79 Å². The number of rotatable bonds is 4. The summed E-state index contributed by atoms with van der Waals surface area (Å²) in [5, 5.41) is 12.0. The third-order valence-electron chi connectivity index (χ3n) is 4.87. The number of carbonyl (C=O) groups excluding carboxylic acids is 2. The zero-order chi connectivity index (χ0) is 22.6. The smallest absolute Gasteiger partial charge is 0.410 e. The van der Waals surface area contributed by atoms with Gasteiger partial charge in [0.25, 0.3) is 5.91 Å². The molecular weight excluding hydrogens is 416 g/mol. The Hall–Kier alpha value is -3.11. The second-order valence-electron chi connectivity index (χ2n) is 8.47. The van der Waals surface area contributed by atoms with E-state index in [1.54, 1.807) is 62.2 Å². The van der Waals surface area contributed by atoms with Crippen LogP contribution in [0.1, 0.15) is 43.2 Å². The summed E-state index contributed by atoms with van der Waals surface area (Å²) in [6.45, 7) is 5.74. The number of hydrogen-bond donors (Lipinski definition) is 1. The quantitative estimate of drug-likeness (QED) is 0.726. The fraction of sp³-hybridized carbons (Fsp3) is 0.391. The molecule has 0 radical (unpaired) electrons. The molecular formula is C23H25ClN4O3. The average Bonchev–Trinajstić information content (AvgIpc) is 3.15. The van der Waals surface area contributed by atoms with Crippen LogP contribution in [-0.2, 0) is 4.74 Å². The van der Waals surface area contributed by atoms with Gasteiger partial charge < -0.3 is 15.0 Å². The predicted octanol–water partition coefficient (Wildman–Crippen LogP) is 3.97. The Labute approximate surface area is 187 Å². The Kier molecular flexibility index (Phi) is 6.81. The molecule has 1 aromatic carbocycles. The Bertz CT molecular complexity index is 1010. The van der Waals surface area contributed by atoms with Gasteiger partial charge >= 0.3 is 6.09 Å². The molecule has 0 unspecified atom stereocenters. The molecule has 2 atom stereocenters. The lowest BCUT2D eigenvalue weighted by Crippen LogP contribution is -2.42. The maximum absolute atomic E-state index is 12.8. The lowest BCUT2D eigenvalue weighted by atomic mass is 10.0. The third kappa shape index (κ3) is 5.74. The van der Waals surface area contributed by atoms with Crippen molar-refractivity contribution in [2.45, 2.75) is 44.9 Å². The number of nitrogens with zero attached hydrogens (tertiary/aromatic N) is 3. The van der Waals surface area contributed by atoms with Crippen LogP contribution in [0.4, 0.5) is 4.79 Å². The van der Waals surface area contributed by atoms with Crippen molar-refractivity contribution in [1.29, 1.82) is 5.26 Å². The topological polar surface area (TPSA) is 95.3 Å². The summed E-state index contributed by atoms with van der Waals surface area (Å²) in [5.74, 6) is -0.0724. The minimum Gasteiger partial charge on any atom is -0.444 e. The number of hydrogen-bond acceptors (Lipinski definition) is 5. The molecule has 31 heavy (non-hydrogen) atoms. The molecule has 0 spiro atoms. The summed E-state index contributed by atoms with van der Waals surface area (Å²) < 4.78 is 5.46. The monoisotopic (exact) mass is 440 g/mol. The minimum atomic E-state index is -0.609. The number of ether oxygens (including phenoxy) is 1. The van der Waals surface area contributed by atoms with Crippen LogP contribution in [0.25, 0.3) is 11.1 Å². The van der Waals surface area contributed by atoms with Crippen LogP contribution in [0, 0.1) is 11.3 Å². The van der Waals surface area contributed by atoms with Gasteiger partial charge in [-0.2, -0.15) is 5.26 Å². The highest BCUT2D eigenvalue weighted by Gasteiger charge is 2.37. The standard InChI is InChI=1S/C23H25ClN4O3/c1-23(2,3)31-22(30)28-14-18(11-19(28)12-24)27-21(29)20-10-17(7-8-26-20)16-6-4-5-15(9-16)13-25/h4-10,18-19H,11-12,14H2,1-3H3,(H,27,29)/t18-,19+/m1/s1. The molecule has 1 N–H and O–H groups in total. The van der Waals surface area contributed by atoms with Gasteiger partial charge in [-0.3, -0.25) is 9.78 Å². The number of carbonyl (C=O) groups is 2. The Morgan fingerprint density at radius 2 is 2.03 bits per heavy atom. The number of amides is 2. The van der Waals surface area contributed by atoms with E-state index < -0.39 is 11.7 Å². The summed E-state index contributed by atoms with van der Waals surface area (Å²) in [5.41, 5.74) is 1.81. The van der Waals surface area contributed by atoms with Crippen molar-refractivity contribution in [3.63, 3.8) is 0 Å². The zero-order valence-corrected chi connectivity index (χ0v) is 18.5. The van der Waals surface area contributed by atoms with Gasteiger partial charge in [0.2, 0.25) is 0 Å². The maximum Gasteiger partial charge on any atom is 0.410 e. The number of aromatic nitrogens is 1. The van der Waals surface area contributed by atoms with E-state index in [1.807, 2.05) is 6.07 Å². The van der Waals surface area contributed by atoms with E-state index in [4.69, 9.17) is 21.6 Å². The SMILES string of the molecule is CC(C)(C)OC(=O)N1C[C@H](NC(=O)c2cc(-c3cccc(C#N)c3)ccn2)C[C@H]1CCl. The molecule has 1 fully saturated rings. The normalized spacial score (nSPS) is 18.4. The summed E-state index contributed by atoms with van der Waals surface area (Å²) >= 11 is 6.05. The van der Waals surface area contributed by atoms with Crippen LogP contribution in [0.2, 0.25) is 0 Å². The summed E-state index contributed by atoms with van der Waals surface area (Å²) in [6, 6.07) is 12.3. The van der Waals surface area contributed by atoms with Crippen LogP contribution < -0.4 is 5.32 Å². The first-order chi connectivity index (χ1) is 14.7. The second kappa shape index (κ2) is 9.36. The lowest BCUT2D eigenvalue weighted by molar-refractivity contribution is 0.0237. The van der Waals surface area contributed by atoms with Crippen molar-refractivity contribution >= 4 is 23.6 Å². The third-order valence-corrected chi connectivity index (χ3v) is 5.23. The van der Waals surface area contributed by atoms with Crippen molar-refractivity contribution in [2.24, 2.45) is 0 Å². The molecule has 1 aliphatic heterocycles. The predicted molar refractivity (Wildman–Crippen MR) is 118 cm³/mol. The number of halogens is 1. The molecule has 2 amide bonds. The van der Waals surface area contributed by atoms with Crippen LogP contribution >= 0.6 is 11.6 Å². The molecule has 1 aliphatic rings. The maximum atomic E-state index is 12.8. The van der Waals surface area contributed by atoms with Gasteiger partial charge in [-0.05, 0) is 62.6 Å². The van der Waals surface area contributed by atoms with Crippen molar-refractivity contribution in [1.82, 2.24) is 15.2 Å². The first kappa shape index (κ1) is 22.6. The molecule has 1 aromatic heterocycles. The van der Waals surface area contributed by atoms with Gasteiger partial charge in [0.05, 0.1) is 17.7 Å². The number of nitrogens with one attached hydrogen (secondary N) is 1. The number of alkyl halides is 1. The average molecular weight is 441 g/mol. The molecule has 1 saturated heterocycles. The number of nitriles is 1. The number of pyridine rings is 1. The molecule has 2 heterocycles. The Balaban J connectivity index is 1.70. The van der Waals surface area contributed by atoms with E-state index in [1.165, 1.54) is 0 Å². The molecule has 8 heteroatoms. The van der Waals surface area contributed by atoms with Crippen molar-refractivity contribution in [3.8, 4) is 17.2 Å². The largest absolute Gasteiger partial charge is 0.444 e. The van der Waals surface area contributed by atoms with Gasteiger partial charge in [-0.1, -0.05) is 12.1 Å². The van der Waals surface area contributed by atoms with Crippen LogP contribution in [0.5, 0.6) is 0 Å². The molecule has 162 valence electrons. The van der Waals surface area contributed by atoms with E-state index in [9.17, 15) is 9.59 Å². The molecule has 2 aromatic rings. The molecule has 0 bridgehead atoms. The molecule has 3 rings (SSSR count). The number of benzene rings is 1. The highest BCUT2D eigenvalue weighted by molar-refractivity contribution is 6.18.